The summed E-state index contributed by atoms with van der Waals surface area (Å²) in [6, 6.07) is 3.45. The van der Waals surface area contributed by atoms with E-state index in [0.29, 0.717) is 12.8 Å². The summed E-state index contributed by atoms with van der Waals surface area (Å²) in [7, 11) is -3.49. The van der Waals surface area contributed by atoms with Crippen LogP contribution in [0.4, 0.5) is 10.1 Å². The fourth-order valence-electron chi connectivity index (χ4n) is 2.09. The number of carbonyl (C=O) groups is 1. The molecular formula is C15H21FN2O3S. The lowest BCUT2D eigenvalue weighted by Crippen LogP contribution is -2.48. The molecule has 1 aromatic carbocycles. The quantitative estimate of drug-likeness (QED) is 0.840. The molecule has 1 amide bonds. The number of sulfonamides is 1. The van der Waals surface area contributed by atoms with Crippen LogP contribution in [0.1, 0.15) is 32.3 Å². The highest BCUT2D eigenvalue weighted by atomic mass is 32.2. The van der Waals surface area contributed by atoms with Crippen molar-refractivity contribution in [3.63, 3.8) is 0 Å². The molecule has 0 heterocycles. The zero-order valence-electron chi connectivity index (χ0n) is 12.9. The van der Waals surface area contributed by atoms with Gasteiger partial charge in [0.1, 0.15) is 11.9 Å². The van der Waals surface area contributed by atoms with Crippen LogP contribution < -0.4 is 10.0 Å². The maximum Gasteiger partial charge on any atom is 0.242 e. The standard InChI is InChI=1S/C15H21FN2O3S/c1-9(2)14(18-22(20,21)11-5-6-11)15(19)17-13-8-10(3)4-7-12(13)16/h4,7-9,11,14,18H,5-6H2,1-3H3,(H,17,19)/t14-/m1/s1. The lowest BCUT2D eigenvalue weighted by molar-refractivity contribution is -0.118. The molecule has 1 saturated carbocycles. The summed E-state index contributed by atoms with van der Waals surface area (Å²) < 4.78 is 40.2. The van der Waals surface area contributed by atoms with E-state index in [1.807, 2.05) is 0 Å². The van der Waals surface area contributed by atoms with Crippen LogP contribution in [0.5, 0.6) is 0 Å². The highest BCUT2D eigenvalue weighted by Crippen LogP contribution is 2.28. The normalized spacial score (nSPS) is 16.6. The van der Waals surface area contributed by atoms with Crippen LogP contribution >= 0.6 is 0 Å². The summed E-state index contributed by atoms with van der Waals surface area (Å²) in [5.41, 5.74) is 0.859. The maximum absolute atomic E-state index is 13.7. The molecule has 5 nitrogen and oxygen atoms in total. The van der Waals surface area contributed by atoms with Crippen LogP contribution in [0.15, 0.2) is 18.2 Å². The van der Waals surface area contributed by atoms with Gasteiger partial charge in [0, 0.05) is 0 Å². The Kier molecular flexibility index (Phi) is 4.87. The second kappa shape index (κ2) is 6.34. The average Bonchev–Trinajstić information content (AvgIpc) is 3.24. The number of hydrogen-bond acceptors (Lipinski definition) is 3. The molecule has 7 heteroatoms. The summed E-state index contributed by atoms with van der Waals surface area (Å²) in [5, 5.41) is 2.07. The number of carbonyl (C=O) groups excluding carboxylic acids is 1. The number of halogens is 1. The molecule has 1 fully saturated rings. The number of rotatable bonds is 6. The van der Waals surface area contributed by atoms with E-state index in [2.05, 4.69) is 10.0 Å². The first-order valence-corrected chi connectivity index (χ1v) is 8.83. The van der Waals surface area contributed by atoms with E-state index in [-0.39, 0.29) is 11.6 Å². The highest BCUT2D eigenvalue weighted by Gasteiger charge is 2.39. The van der Waals surface area contributed by atoms with Crippen LogP contribution in [0.2, 0.25) is 0 Å². The van der Waals surface area contributed by atoms with Gasteiger partial charge in [-0.15, -0.1) is 0 Å². The van der Waals surface area contributed by atoms with Crippen molar-refractivity contribution in [2.24, 2.45) is 5.92 Å². The number of aryl methyl sites for hydroxylation is 1. The fourth-order valence-corrected chi connectivity index (χ4v) is 3.77. The Bertz CT molecular complexity index is 669. The molecule has 1 aromatic rings. The van der Waals surface area contributed by atoms with Crippen molar-refractivity contribution in [2.75, 3.05) is 5.32 Å². The van der Waals surface area contributed by atoms with Gasteiger partial charge in [0.05, 0.1) is 10.9 Å². The van der Waals surface area contributed by atoms with E-state index in [1.165, 1.54) is 12.1 Å². The van der Waals surface area contributed by atoms with Crippen molar-refractivity contribution in [1.82, 2.24) is 4.72 Å². The molecule has 0 aliphatic heterocycles. The summed E-state index contributed by atoms with van der Waals surface area (Å²) in [6.45, 7) is 5.27. The predicted molar refractivity (Wildman–Crippen MR) is 83.5 cm³/mol. The second-order valence-corrected chi connectivity index (χ2v) is 8.05. The number of amides is 1. The van der Waals surface area contributed by atoms with E-state index < -0.39 is 33.0 Å². The van der Waals surface area contributed by atoms with Gasteiger partial charge < -0.3 is 5.32 Å². The van der Waals surface area contributed by atoms with Gasteiger partial charge in [-0.05, 0) is 43.4 Å². The molecule has 1 aliphatic carbocycles. The van der Waals surface area contributed by atoms with Gasteiger partial charge in [-0.2, -0.15) is 0 Å². The largest absolute Gasteiger partial charge is 0.322 e. The van der Waals surface area contributed by atoms with Gasteiger partial charge in [-0.3, -0.25) is 4.79 Å². The topological polar surface area (TPSA) is 75.3 Å². The SMILES string of the molecule is Cc1ccc(F)c(NC(=O)[C@H](NS(=O)(=O)C2CC2)C(C)C)c1. The maximum atomic E-state index is 13.7. The molecule has 1 aliphatic rings. The third-order valence-corrected chi connectivity index (χ3v) is 5.51. The number of nitrogens with one attached hydrogen (secondary N) is 2. The van der Waals surface area contributed by atoms with E-state index in [4.69, 9.17) is 0 Å². The molecule has 0 saturated heterocycles. The number of anilines is 1. The molecule has 0 radical (unpaired) electrons. The Morgan fingerprint density at radius 1 is 1.32 bits per heavy atom. The molecule has 0 unspecified atom stereocenters. The lowest BCUT2D eigenvalue weighted by Gasteiger charge is -2.21. The molecule has 2 rings (SSSR count). The molecule has 22 heavy (non-hydrogen) atoms. The molecule has 0 spiro atoms. The van der Waals surface area contributed by atoms with Gasteiger partial charge in [-0.1, -0.05) is 19.9 Å². The minimum absolute atomic E-state index is 0.0567. The Morgan fingerprint density at radius 3 is 2.50 bits per heavy atom. The van der Waals surface area contributed by atoms with Gasteiger partial charge in [-0.25, -0.2) is 17.5 Å². The Balaban J connectivity index is 2.14. The molecule has 2 N–H and O–H groups in total. The van der Waals surface area contributed by atoms with Crippen molar-refractivity contribution in [2.45, 2.75) is 44.9 Å². The van der Waals surface area contributed by atoms with Crippen LogP contribution in [-0.4, -0.2) is 25.6 Å². The summed E-state index contributed by atoms with van der Waals surface area (Å²) >= 11 is 0. The van der Waals surface area contributed by atoms with Crippen molar-refractivity contribution in [3.05, 3.63) is 29.6 Å². The van der Waals surface area contributed by atoms with Crippen molar-refractivity contribution in [1.29, 1.82) is 0 Å². The van der Waals surface area contributed by atoms with Crippen molar-refractivity contribution < 1.29 is 17.6 Å². The Morgan fingerprint density at radius 2 is 1.95 bits per heavy atom. The summed E-state index contributed by atoms with van der Waals surface area (Å²) in [6.07, 6.45) is 1.24. The van der Waals surface area contributed by atoms with Gasteiger partial charge in [0.2, 0.25) is 15.9 Å². The van der Waals surface area contributed by atoms with E-state index in [9.17, 15) is 17.6 Å². The number of hydrogen-bond donors (Lipinski definition) is 2. The van der Waals surface area contributed by atoms with Crippen molar-refractivity contribution in [3.8, 4) is 0 Å². The van der Waals surface area contributed by atoms with E-state index in [0.717, 1.165) is 5.56 Å². The van der Waals surface area contributed by atoms with Gasteiger partial charge in [0.15, 0.2) is 0 Å². The van der Waals surface area contributed by atoms with Gasteiger partial charge in [0.25, 0.3) is 0 Å². The highest BCUT2D eigenvalue weighted by molar-refractivity contribution is 7.90. The first-order valence-electron chi connectivity index (χ1n) is 7.29. The average molecular weight is 328 g/mol. The zero-order valence-corrected chi connectivity index (χ0v) is 13.7. The molecular weight excluding hydrogens is 307 g/mol. The molecule has 1 atom stereocenters. The Hall–Kier alpha value is -1.47. The third-order valence-electron chi connectivity index (χ3n) is 3.58. The Labute approximate surface area is 130 Å². The number of benzene rings is 1. The van der Waals surface area contributed by atoms with E-state index >= 15 is 0 Å². The van der Waals surface area contributed by atoms with Crippen LogP contribution in [-0.2, 0) is 14.8 Å². The van der Waals surface area contributed by atoms with Crippen LogP contribution in [0.25, 0.3) is 0 Å². The van der Waals surface area contributed by atoms with Crippen LogP contribution in [0.3, 0.4) is 0 Å². The zero-order chi connectivity index (χ0) is 16.5. The molecule has 0 bridgehead atoms. The molecule has 122 valence electrons. The smallest absolute Gasteiger partial charge is 0.242 e. The third kappa shape index (κ3) is 4.04. The summed E-state index contributed by atoms with van der Waals surface area (Å²) in [5.74, 6) is -1.35. The predicted octanol–water partition coefficient (Wildman–Crippen LogP) is 2.18. The van der Waals surface area contributed by atoms with Crippen LogP contribution in [0, 0.1) is 18.7 Å². The minimum Gasteiger partial charge on any atom is -0.322 e. The second-order valence-electron chi connectivity index (χ2n) is 6.06. The first kappa shape index (κ1) is 16.9. The lowest BCUT2D eigenvalue weighted by atomic mass is 10.0. The minimum atomic E-state index is -3.49. The first-order chi connectivity index (χ1) is 10.2. The summed E-state index contributed by atoms with van der Waals surface area (Å²) in [4.78, 5) is 12.3. The van der Waals surface area contributed by atoms with Gasteiger partial charge >= 0.3 is 0 Å². The monoisotopic (exact) mass is 328 g/mol. The fraction of sp³-hybridized carbons (Fsp3) is 0.533. The molecule has 0 aromatic heterocycles. The van der Waals surface area contributed by atoms with Crippen molar-refractivity contribution >= 4 is 21.6 Å². The van der Waals surface area contributed by atoms with E-state index in [1.54, 1.807) is 26.8 Å².